The van der Waals surface area contributed by atoms with Crippen LogP contribution in [0.25, 0.3) is 0 Å². The second-order valence-electron chi connectivity index (χ2n) is 7.57. The molecule has 1 aliphatic rings. The molecule has 1 fully saturated rings. The van der Waals surface area contributed by atoms with Crippen LogP contribution in [0.5, 0.6) is 0 Å². The molecule has 1 saturated heterocycles. The first-order chi connectivity index (χ1) is 14.3. The quantitative estimate of drug-likeness (QED) is 0.621. The summed E-state index contributed by atoms with van der Waals surface area (Å²) in [6.07, 6.45) is 0. The fraction of sp³-hybridized carbons (Fsp3) is 0.429. The Morgan fingerprint density at radius 1 is 1.03 bits per heavy atom. The third-order valence-corrected chi connectivity index (χ3v) is 7.14. The monoisotopic (exact) mass is 454 g/mol. The van der Waals surface area contributed by atoms with E-state index < -0.39 is 15.2 Å². The van der Waals surface area contributed by atoms with Crippen molar-refractivity contribution in [1.82, 2.24) is 9.62 Å². The molecule has 1 heterocycles. The molecule has 2 aromatic carbocycles. The molecule has 2 aromatic rings. The zero-order chi connectivity index (χ0) is 21.7. The average Bonchev–Trinajstić information content (AvgIpc) is 2.75. The maximum absolute atomic E-state index is 13.2. The van der Waals surface area contributed by atoms with Crippen LogP contribution in [0.3, 0.4) is 0 Å². The molecule has 0 bridgehead atoms. The number of nitrogens with one attached hydrogen (secondary N) is 1. The molecule has 1 aliphatic heterocycles. The van der Waals surface area contributed by atoms with Crippen LogP contribution in [0.1, 0.15) is 11.6 Å². The molecule has 1 unspecified atom stereocenters. The predicted octanol–water partition coefficient (Wildman–Crippen LogP) is 2.87. The first-order valence-electron chi connectivity index (χ1n) is 9.84. The highest BCUT2D eigenvalue weighted by atomic mass is 35.5. The Hall–Kier alpha value is -1.87. The van der Waals surface area contributed by atoms with Gasteiger partial charge in [-0.25, -0.2) is 17.5 Å². The van der Waals surface area contributed by atoms with Crippen LogP contribution in [-0.2, 0) is 10.0 Å². The van der Waals surface area contributed by atoms with Gasteiger partial charge in [-0.15, -0.1) is 11.6 Å². The van der Waals surface area contributed by atoms with Crippen LogP contribution in [0, 0.1) is 5.82 Å². The molecule has 9 heteroatoms. The molecule has 0 saturated carbocycles. The van der Waals surface area contributed by atoms with Crippen molar-refractivity contribution < 1.29 is 12.8 Å². The summed E-state index contributed by atoms with van der Waals surface area (Å²) in [5.74, 6) is -0.245. The van der Waals surface area contributed by atoms with Crippen LogP contribution >= 0.6 is 11.6 Å². The average molecular weight is 455 g/mol. The zero-order valence-electron chi connectivity index (χ0n) is 17.3. The van der Waals surface area contributed by atoms with Crippen LogP contribution in [0.4, 0.5) is 15.8 Å². The molecule has 0 aromatic heterocycles. The number of hydrogen-bond donors (Lipinski definition) is 1. The summed E-state index contributed by atoms with van der Waals surface area (Å²) < 4.78 is 39.7. The van der Waals surface area contributed by atoms with Gasteiger partial charge in [0.15, 0.2) is 0 Å². The number of benzene rings is 2. The Labute approximate surface area is 183 Å². The van der Waals surface area contributed by atoms with E-state index in [-0.39, 0.29) is 18.4 Å². The van der Waals surface area contributed by atoms with Gasteiger partial charge in [0.25, 0.3) is 0 Å². The summed E-state index contributed by atoms with van der Waals surface area (Å²) in [5.41, 5.74) is 3.12. The van der Waals surface area contributed by atoms with Gasteiger partial charge < -0.3 is 9.80 Å². The van der Waals surface area contributed by atoms with Crippen LogP contribution in [0.2, 0.25) is 0 Å². The molecule has 1 N–H and O–H groups in total. The largest absolute Gasteiger partial charge is 0.378 e. The van der Waals surface area contributed by atoms with Crippen molar-refractivity contribution >= 4 is 33.0 Å². The Kier molecular flexibility index (Phi) is 7.57. The number of piperazine rings is 1. The minimum absolute atomic E-state index is 0.102. The van der Waals surface area contributed by atoms with Crippen LogP contribution in [0.15, 0.2) is 48.5 Å². The van der Waals surface area contributed by atoms with Crippen LogP contribution < -0.4 is 14.5 Å². The van der Waals surface area contributed by atoms with Gasteiger partial charge in [0.1, 0.15) is 11.0 Å². The molecule has 1 atom stereocenters. The molecular weight excluding hydrogens is 427 g/mol. The van der Waals surface area contributed by atoms with E-state index in [1.54, 1.807) is 12.1 Å². The SMILES string of the molecule is CN(C)c1ccc(C(CNS(=O)(=O)CCl)N2CCN(c3ccc(F)cc3)CC2)cc1. The number of nitrogens with zero attached hydrogens (tertiary/aromatic N) is 3. The maximum atomic E-state index is 13.2. The first kappa shape index (κ1) is 22.8. The maximum Gasteiger partial charge on any atom is 0.225 e. The lowest BCUT2D eigenvalue weighted by molar-refractivity contribution is 0.187. The highest BCUT2D eigenvalue weighted by Gasteiger charge is 2.26. The van der Waals surface area contributed by atoms with Gasteiger partial charge in [-0.05, 0) is 42.0 Å². The number of halogens is 2. The highest BCUT2D eigenvalue weighted by molar-refractivity contribution is 7.90. The number of alkyl halides is 1. The van der Waals surface area contributed by atoms with E-state index in [0.29, 0.717) is 0 Å². The summed E-state index contributed by atoms with van der Waals surface area (Å²) in [5, 5.41) is -0.461. The molecule has 0 aliphatic carbocycles. The van der Waals surface area contributed by atoms with Gasteiger partial charge >= 0.3 is 0 Å². The third kappa shape index (κ3) is 5.85. The third-order valence-electron chi connectivity index (χ3n) is 5.38. The zero-order valence-corrected chi connectivity index (χ0v) is 18.8. The first-order valence-corrected chi connectivity index (χ1v) is 12.0. The fourth-order valence-corrected chi connectivity index (χ4v) is 4.36. The van der Waals surface area contributed by atoms with Gasteiger partial charge in [-0.3, -0.25) is 4.90 Å². The molecule has 3 rings (SSSR count). The lowest BCUT2D eigenvalue weighted by Gasteiger charge is -2.40. The van der Waals surface area contributed by atoms with Crippen molar-refractivity contribution in [2.45, 2.75) is 6.04 Å². The van der Waals surface area contributed by atoms with Gasteiger partial charge in [0, 0.05) is 64.2 Å². The van der Waals surface area contributed by atoms with E-state index in [4.69, 9.17) is 11.6 Å². The molecule has 0 radical (unpaired) electrons. The molecule has 164 valence electrons. The van der Waals surface area contributed by atoms with Gasteiger partial charge in [-0.1, -0.05) is 12.1 Å². The van der Waals surface area contributed by atoms with E-state index in [1.807, 2.05) is 43.3 Å². The summed E-state index contributed by atoms with van der Waals surface area (Å²) in [4.78, 5) is 6.52. The molecule has 6 nitrogen and oxygen atoms in total. The summed E-state index contributed by atoms with van der Waals surface area (Å²) in [7, 11) is 0.458. The van der Waals surface area contributed by atoms with Crippen molar-refractivity contribution in [1.29, 1.82) is 0 Å². The van der Waals surface area contributed by atoms with E-state index in [0.717, 1.165) is 43.1 Å². The van der Waals surface area contributed by atoms with Gasteiger partial charge in [-0.2, -0.15) is 0 Å². The molecule has 0 spiro atoms. The Balaban J connectivity index is 1.74. The Morgan fingerprint density at radius 2 is 1.63 bits per heavy atom. The molecule has 0 amide bonds. The number of sulfonamides is 1. The predicted molar refractivity (Wildman–Crippen MR) is 121 cm³/mol. The standard InChI is InChI=1S/C21H28ClFN4O2S/c1-25(2)19-7-3-17(4-8-19)21(15-24-30(28,29)16-22)27-13-11-26(12-14-27)20-9-5-18(23)6-10-20/h3-10,21,24H,11-16H2,1-2H3. The topological polar surface area (TPSA) is 55.9 Å². The van der Waals surface area contributed by atoms with Crippen LogP contribution in [-0.4, -0.2) is 65.3 Å². The van der Waals surface area contributed by atoms with E-state index in [1.165, 1.54) is 12.1 Å². The van der Waals surface area contributed by atoms with Gasteiger partial charge in [0.05, 0.1) is 0 Å². The van der Waals surface area contributed by atoms with Crippen molar-refractivity contribution in [3.8, 4) is 0 Å². The van der Waals surface area contributed by atoms with Gasteiger partial charge in [0.2, 0.25) is 10.0 Å². The number of rotatable bonds is 8. The van der Waals surface area contributed by atoms with E-state index >= 15 is 0 Å². The van der Waals surface area contributed by atoms with Crippen molar-refractivity contribution in [3.63, 3.8) is 0 Å². The lowest BCUT2D eigenvalue weighted by atomic mass is 10.0. The van der Waals surface area contributed by atoms with Crippen molar-refractivity contribution in [3.05, 3.63) is 59.9 Å². The Morgan fingerprint density at radius 3 is 2.17 bits per heavy atom. The molecule has 30 heavy (non-hydrogen) atoms. The summed E-state index contributed by atoms with van der Waals surface area (Å²) in [6.45, 7) is 3.34. The lowest BCUT2D eigenvalue weighted by Crippen LogP contribution is -2.50. The number of hydrogen-bond acceptors (Lipinski definition) is 5. The van der Waals surface area contributed by atoms with E-state index in [2.05, 4.69) is 14.5 Å². The number of anilines is 2. The summed E-state index contributed by atoms with van der Waals surface area (Å²) >= 11 is 5.56. The van der Waals surface area contributed by atoms with Crippen molar-refractivity contribution in [2.75, 3.05) is 61.8 Å². The van der Waals surface area contributed by atoms with E-state index in [9.17, 15) is 12.8 Å². The normalized spacial score (nSPS) is 16.5. The fourth-order valence-electron chi connectivity index (χ4n) is 3.64. The highest BCUT2D eigenvalue weighted by Crippen LogP contribution is 2.26. The second kappa shape index (κ2) is 9.96. The minimum Gasteiger partial charge on any atom is -0.378 e. The smallest absolute Gasteiger partial charge is 0.225 e. The molecular formula is C21H28ClFN4O2S. The Bertz CT molecular complexity index is 915. The summed E-state index contributed by atoms with van der Waals surface area (Å²) in [6, 6.07) is 14.6. The second-order valence-corrected chi connectivity index (χ2v) is 9.96. The van der Waals surface area contributed by atoms with Crippen molar-refractivity contribution in [2.24, 2.45) is 0 Å². The minimum atomic E-state index is -3.51.